The summed E-state index contributed by atoms with van der Waals surface area (Å²) in [6, 6.07) is 0. The number of carbonyl (C=O) groups is 1. The SMILES string of the molecule is N=C(N)c1ncn([C@@H]2O[C@H](COP(=O)(O)O)C(=O)[C@H]2O)c1N. The number of nitrogen functional groups attached to an aromatic ring is 2. The zero-order valence-corrected chi connectivity index (χ0v) is 11.9. The summed E-state index contributed by atoms with van der Waals surface area (Å²) >= 11 is 0. The van der Waals surface area contributed by atoms with Gasteiger partial charge in [-0.25, -0.2) is 9.55 Å². The molecule has 1 aromatic heterocycles. The molecular weight excluding hydrogens is 321 g/mol. The third-order valence-electron chi connectivity index (χ3n) is 2.94. The summed E-state index contributed by atoms with van der Waals surface area (Å²) in [6.07, 6.45) is -3.16. The number of anilines is 1. The lowest BCUT2D eigenvalue weighted by molar-refractivity contribution is -0.128. The molecule has 13 heteroatoms. The predicted molar refractivity (Wildman–Crippen MR) is 70.6 cm³/mol. The standard InChI is InChI=1S/C9H14N5O7P/c10-7(11)4-8(12)14(2-13-4)9-6(16)5(15)3(21-9)1-20-22(17,18)19/h2-3,6,9,16H,1,12H2,(H3,10,11)(H2,17,18,19)/t3-,6-,9-/m1/s1. The molecule has 0 aliphatic carbocycles. The molecule has 0 unspecified atom stereocenters. The summed E-state index contributed by atoms with van der Waals surface area (Å²) in [5.74, 6) is -1.33. The van der Waals surface area contributed by atoms with Crippen LogP contribution in [0.15, 0.2) is 6.33 Å². The van der Waals surface area contributed by atoms with Crippen molar-refractivity contribution in [3.8, 4) is 0 Å². The molecule has 2 heterocycles. The van der Waals surface area contributed by atoms with Crippen molar-refractivity contribution in [2.45, 2.75) is 18.4 Å². The van der Waals surface area contributed by atoms with E-state index in [1.165, 1.54) is 0 Å². The number of aliphatic hydroxyl groups excluding tert-OH is 1. The molecule has 12 nitrogen and oxygen atoms in total. The van der Waals surface area contributed by atoms with Crippen molar-refractivity contribution in [3.63, 3.8) is 0 Å². The smallest absolute Gasteiger partial charge is 0.383 e. The molecule has 0 bridgehead atoms. The zero-order chi connectivity index (χ0) is 16.7. The van der Waals surface area contributed by atoms with Gasteiger partial charge in [0.1, 0.15) is 23.5 Å². The van der Waals surface area contributed by atoms with Crippen LogP contribution in [0, 0.1) is 5.41 Å². The monoisotopic (exact) mass is 335 g/mol. The maximum Gasteiger partial charge on any atom is 0.469 e. The lowest BCUT2D eigenvalue weighted by atomic mass is 10.2. The number of nitrogens with zero attached hydrogens (tertiary/aromatic N) is 2. The van der Waals surface area contributed by atoms with Crippen LogP contribution in [0.25, 0.3) is 0 Å². The van der Waals surface area contributed by atoms with Gasteiger partial charge in [-0.1, -0.05) is 0 Å². The number of Topliss-reactive ketones (excluding diaryl/α,β-unsaturated/α-hetero) is 1. The number of hydrogen-bond acceptors (Lipinski definition) is 8. The molecule has 1 fully saturated rings. The van der Waals surface area contributed by atoms with Gasteiger partial charge in [-0.3, -0.25) is 19.3 Å². The Kier molecular flexibility index (Phi) is 4.33. The van der Waals surface area contributed by atoms with Crippen molar-refractivity contribution in [2.75, 3.05) is 12.3 Å². The molecule has 1 aliphatic rings. The Balaban J connectivity index is 2.18. The summed E-state index contributed by atoms with van der Waals surface area (Å²) in [4.78, 5) is 32.8. The van der Waals surface area contributed by atoms with Crippen molar-refractivity contribution in [1.29, 1.82) is 5.41 Å². The topological polar surface area (TPSA) is 207 Å². The van der Waals surface area contributed by atoms with Gasteiger partial charge < -0.3 is 31.1 Å². The van der Waals surface area contributed by atoms with Gasteiger partial charge in [-0.2, -0.15) is 0 Å². The molecule has 1 aliphatic heterocycles. The Morgan fingerprint density at radius 1 is 1.59 bits per heavy atom. The number of rotatable bonds is 5. The molecule has 0 spiro atoms. The van der Waals surface area contributed by atoms with E-state index in [4.69, 9.17) is 31.4 Å². The van der Waals surface area contributed by atoms with E-state index in [2.05, 4.69) is 9.51 Å². The summed E-state index contributed by atoms with van der Waals surface area (Å²) < 4.78 is 21.1. The van der Waals surface area contributed by atoms with E-state index >= 15 is 0 Å². The molecule has 3 atom stereocenters. The van der Waals surface area contributed by atoms with Crippen molar-refractivity contribution in [2.24, 2.45) is 5.73 Å². The molecule has 0 radical (unpaired) electrons. The van der Waals surface area contributed by atoms with Crippen LogP contribution in [0.2, 0.25) is 0 Å². The zero-order valence-electron chi connectivity index (χ0n) is 11.0. The average molecular weight is 335 g/mol. The van der Waals surface area contributed by atoms with Gasteiger partial charge in [0, 0.05) is 0 Å². The molecule has 8 N–H and O–H groups in total. The maximum atomic E-state index is 11.8. The first-order valence-corrected chi connectivity index (χ1v) is 7.39. The molecule has 1 aromatic rings. The number of imidazole rings is 1. The van der Waals surface area contributed by atoms with Crippen molar-refractivity contribution in [3.05, 3.63) is 12.0 Å². The first-order chi connectivity index (χ1) is 10.1. The fourth-order valence-electron chi connectivity index (χ4n) is 1.93. The number of aliphatic hydroxyl groups is 1. The third kappa shape index (κ3) is 3.16. The summed E-state index contributed by atoms with van der Waals surface area (Å²) in [5, 5.41) is 17.1. The highest BCUT2D eigenvalue weighted by molar-refractivity contribution is 7.46. The van der Waals surface area contributed by atoms with E-state index in [0.717, 1.165) is 10.9 Å². The van der Waals surface area contributed by atoms with Gasteiger partial charge in [-0.15, -0.1) is 0 Å². The van der Waals surface area contributed by atoms with E-state index in [1.54, 1.807) is 0 Å². The summed E-state index contributed by atoms with van der Waals surface area (Å²) in [6.45, 7) is -0.731. The molecular formula is C9H14N5O7P. The summed E-state index contributed by atoms with van der Waals surface area (Å²) in [5.41, 5.74) is 10.9. The van der Waals surface area contributed by atoms with Gasteiger partial charge in [0.25, 0.3) is 0 Å². The van der Waals surface area contributed by atoms with Crippen LogP contribution < -0.4 is 11.5 Å². The molecule has 122 valence electrons. The van der Waals surface area contributed by atoms with Gasteiger partial charge in [0.05, 0.1) is 12.9 Å². The van der Waals surface area contributed by atoms with E-state index < -0.39 is 44.5 Å². The molecule has 0 amide bonds. The number of ether oxygens (including phenoxy) is 1. The lowest BCUT2D eigenvalue weighted by Gasteiger charge is -2.16. The van der Waals surface area contributed by atoms with Crippen LogP contribution in [0.5, 0.6) is 0 Å². The first-order valence-electron chi connectivity index (χ1n) is 5.86. The van der Waals surface area contributed by atoms with Crippen LogP contribution in [0.3, 0.4) is 0 Å². The van der Waals surface area contributed by atoms with E-state index in [9.17, 15) is 14.5 Å². The summed E-state index contributed by atoms with van der Waals surface area (Å²) in [7, 11) is -4.78. The minimum absolute atomic E-state index is 0.0434. The Labute approximate surface area is 123 Å². The Morgan fingerprint density at radius 2 is 2.23 bits per heavy atom. The maximum absolute atomic E-state index is 11.8. The van der Waals surface area contributed by atoms with Crippen LogP contribution in [0.4, 0.5) is 5.82 Å². The average Bonchev–Trinajstić information content (AvgIpc) is 2.90. The minimum Gasteiger partial charge on any atom is -0.383 e. The number of nitrogens with two attached hydrogens (primary N) is 2. The van der Waals surface area contributed by atoms with E-state index in [1.807, 2.05) is 0 Å². The van der Waals surface area contributed by atoms with Crippen LogP contribution >= 0.6 is 7.82 Å². The number of carbonyl (C=O) groups excluding carboxylic acids is 1. The van der Waals surface area contributed by atoms with Crippen LogP contribution in [-0.4, -0.2) is 54.9 Å². The van der Waals surface area contributed by atoms with Gasteiger partial charge in [0.15, 0.2) is 18.1 Å². The quantitative estimate of drug-likeness (QED) is 0.192. The number of ketones is 1. The third-order valence-corrected chi connectivity index (χ3v) is 3.42. The van der Waals surface area contributed by atoms with Gasteiger partial charge in [0.2, 0.25) is 0 Å². The lowest BCUT2D eigenvalue weighted by Crippen LogP contribution is -2.28. The number of nitrogens with one attached hydrogen (secondary N) is 1. The Bertz CT molecular complexity index is 655. The number of amidine groups is 1. The first kappa shape index (κ1) is 16.5. The molecule has 1 saturated heterocycles. The second kappa shape index (κ2) is 5.76. The van der Waals surface area contributed by atoms with Crippen molar-refractivity contribution >= 4 is 25.3 Å². The molecule has 22 heavy (non-hydrogen) atoms. The van der Waals surface area contributed by atoms with Crippen LogP contribution in [-0.2, 0) is 18.6 Å². The van der Waals surface area contributed by atoms with Crippen molar-refractivity contribution in [1.82, 2.24) is 9.55 Å². The number of phosphoric ester groups is 1. The largest absolute Gasteiger partial charge is 0.469 e. The van der Waals surface area contributed by atoms with E-state index in [-0.39, 0.29) is 11.5 Å². The number of aromatic nitrogens is 2. The Morgan fingerprint density at radius 3 is 2.73 bits per heavy atom. The second-order valence-corrected chi connectivity index (χ2v) is 5.69. The Hall–Kier alpha value is -1.82. The second-order valence-electron chi connectivity index (χ2n) is 4.45. The van der Waals surface area contributed by atoms with Gasteiger partial charge in [-0.05, 0) is 0 Å². The molecule has 2 rings (SSSR count). The predicted octanol–water partition coefficient (Wildman–Crippen LogP) is -2.31. The van der Waals surface area contributed by atoms with Gasteiger partial charge >= 0.3 is 7.82 Å². The number of hydrogen-bond donors (Lipinski definition) is 6. The highest BCUT2D eigenvalue weighted by Gasteiger charge is 2.45. The van der Waals surface area contributed by atoms with Crippen LogP contribution in [0.1, 0.15) is 11.9 Å². The highest BCUT2D eigenvalue weighted by atomic mass is 31.2. The normalized spacial score (nSPS) is 25.6. The number of phosphoric acid groups is 1. The molecule has 0 saturated carbocycles. The fourth-order valence-corrected chi connectivity index (χ4v) is 2.26. The highest BCUT2D eigenvalue weighted by Crippen LogP contribution is 2.37. The minimum atomic E-state index is -4.78. The van der Waals surface area contributed by atoms with E-state index in [0.29, 0.717) is 0 Å². The van der Waals surface area contributed by atoms with Crippen molar-refractivity contribution < 1.29 is 33.5 Å². The molecule has 0 aromatic carbocycles. The fraction of sp³-hybridized carbons (Fsp3) is 0.444.